The van der Waals surface area contributed by atoms with Crippen molar-refractivity contribution in [2.75, 3.05) is 13.1 Å². The van der Waals surface area contributed by atoms with Crippen LogP contribution in [0.3, 0.4) is 0 Å². The van der Waals surface area contributed by atoms with Gasteiger partial charge in [0.15, 0.2) is 0 Å². The van der Waals surface area contributed by atoms with E-state index < -0.39 is 0 Å². The summed E-state index contributed by atoms with van der Waals surface area (Å²) in [5.74, 6) is -0.185. The Morgan fingerprint density at radius 1 is 1.03 bits per heavy atom. The van der Waals surface area contributed by atoms with Gasteiger partial charge in [0, 0.05) is 35.4 Å². The van der Waals surface area contributed by atoms with Crippen LogP contribution in [0.5, 0.6) is 5.88 Å². The number of pyridine rings is 1. The summed E-state index contributed by atoms with van der Waals surface area (Å²) in [5, 5.41) is 11.6. The molecule has 4 aromatic rings. The van der Waals surface area contributed by atoms with Gasteiger partial charge in [0.05, 0.1) is 11.3 Å². The normalized spacial score (nSPS) is 14.7. The largest absolute Gasteiger partial charge is 0.494 e. The number of H-pyrrole nitrogens is 2. The van der Waals surface area contributed by atoms with Gasteiger partial charge in [-0.15, -0.1) is 0 Å². The summed E-state index contributed by atoms with van der Waals surface area (Å²) in [6, 6.07) is 17.6. The molecule has 1 aliphatic rings. The summed E-state index contributed by atoms with van der Waals surface area (Å²) in [4.78, 5) is 25.0. The molecule has 3 N–H and O–H groups in total. The molecular formula is C25H24N4O2. The second kappa shape index (κ2) is 8.24. The Balaban J connectivity index is 1.47. The zero-order valence-electron chi connectivity index (χ0n) is 17.1. The van der Waals surface area contributed by atoms with Gasteiger partial charge in [0.2, 0.25) is 5.88 Å². The molecule has 0 radical (unpaired) electrons. The number of fused-ring (bicyclic) bond motifs is 1. The summed E-state index contributed by atoms with van der Waals surface area (Å²) in [7, 11) is 0. The van der Waals surface area contributed by atoms with Crippen molar-refractivity contribution in [3.05, 3.63) is 82.3 Å². The SMILES string of the molecule is O=c1[nH]c(O)c(C=Nc2ccc(CN3CCCC3)cc2)c2cc(-c3ccc[nH]3)ccc12. The summed E-state index contributed by atoms with van der Waals surface area (Å²) in [5.41, 5.74) is 4.11. The highest BCUT2D eigenvalue weighted by Crippen LogP contribution is 2.27. The average molecular weight is 412 g/mol. The van der Waals surface area contributed by atoms with Crippen molar-refractivity contribution in [1.82, 2.24) is 14.9 Å². The number of hydrogen-bond acceptors (Lipinski definition) is 4. The van der Waals surface area contributed by atoms with Crippen molar-refractivity contribution in [2.24, 2.45) is 4.99 Å². The van der Waals surface area contributed by atoms with Gasteiger partial charge in [-0.3, -0.25) is 19.7 Å². The first-order valence-electron chi connectivity index (χ1n) is 10.6. The molecule has 1 aliphatic heterocycles. The van der Waals surface area contributed by atoms with E-state index in [9.17, 15) is 9.90 Å². The van der Waals surface area contributed by atoms with Crippen LogP contribution in [0.15, 0.2) is 70.6 Å². The van der Waals surface area contributed by atoms with Gasteiger partial charge in [0.25, 0.3) is 5.56 Å². The highest BCUT2D eigenvalue weighted by atomic mass is 16.3. The number of nitrogens with zero attached hydrogens (tertiary/aromatic N) is 2. The minimum atomic E-state index is -0.325. The number of likely N-dealkylation sites (tertiary alicyclic amines) is 1. The number of benzene rings is 2. The smallest absolute Gasteiger partial charge is 0.258 e. The number of aromatic nitrogens is 2. The van der Waals surface area contributed by atoms with Gasteiger partial charge in [-0.05, 0) is 73.5 Å². The molecule has 156 valence electrons. The Morgan fingerprint density at radius 2 is 1.84 bits per heavy atom. The first-order valence-corrected chi connectivity index (χ1v) is 10.6. The Hall–Kier alpha value is -3.64. The third-order valence-electron chi connectivity index (χ3n) is 5.83. The van der Waals surface area contributed by atoms with Gasteiger partial charge in [-0.25, -0.2) is 0 Å². The second-order valence-corrected chi connectivity index (χ2v) is 7.97. The molecule has 2 aromatic heterocycles. The molecule has 6 heteroatoms. The molecule has 0 spiro atoms. The monoisotopic (exact) mass is 412 g/mol. The number of aromatic amines is 2. The first kappa shape index (κ1) is 19.3. The fraction of sp³-hybridized carbons (Fsp3) is 0.200. The van der Waals surface area contributed by atoms with E-state index in [0.29, 0.717) is 16.3 Å². The number of aliphatic imine (C=N–C) groups is 1. The summed E-state index contributed by atoms with van der Waals surface area (Å²) >= 11 is 0. The van der Waals surface area contributed by atoms with Crippen molar-refractivity contribution in [1.29, 1.82) is 0 Å². The maximum absolute atomic E-state index is 12.3. The standard InChI is InChI=1S/C25H24N4O2/c30-24-20-10-7-18(23-4-3-11-26-23)14-21(20)22(25(31)28-24)15-27-19-8-5-17(6-9-19)16-29-12-1-2-13-29/h3-11,14-15,26H,1-2,12-13,16H2,(H2,28,30,31). The number of nitrogens with one attached hydrogen (secondary N) is 2. The predicted octanol–water partition coefficient (Wildman–Crippen LogP) is 4.58. The second-order valence-electron chi connectivity index (χ2n) is 7.97. The van der Waals surface area contributed by atoms with Crippen LogP contribution in [-0.2, 0) is 6.54 Å². The van der Waals surface area contributed by atoms with Crippen LogP contribution in [0, 0.1) is 0 Å². The maximum atomic E-state index is 12.3. The van der Waals surface area contributed by atoms with E-state index >= 15 is 0 Å². The molecule has 0 aliphatic carbocycles. The van der Waals surface area contributed by atoms with Crippen molar-refractivity contribution < 1.29 is 5.11 Å². The van der Waals surface area contributed by atoms with E-state index in [1.165, 1.54) is 31.5 Å². The average Bonchev–Trinajstić information content (AvgIpc) is 3.49. The van der Waals surface area contributed by atoms with Crippen LogP contribution in [-0.4, -0.2) is 39.3 Å². The van der Waals surface area contributed by atoms with Gasteiger partial charge in [-0.1, -0.05) is 18.2 Å². The summed E-state index contributed by atoms with van der Waals surface area (Å²) < 4.78 is 0. The van der Waals surface area contributed by atoms with Crippen LogP contribution < -0.4 is 5.56 Å². The molecule has 5 rings (SSSR count). The summed E-state index contributed by atoms with van der Waals surface area (Å²) in [6.07, 6.45) is 6.03. The van der Waals surface area contributed by atoms with Crippen LogP contribution in [0.2, 0.25) is 0 Å². The zero-order chi connectivity index (χ0) is 21.2. The fourth-order valence-corrected chi connectivity index (χ4v) is 4.17. The topological polar surface area (TPSA) is 84.5 Å². The first-order chi connectivity index (χ1) is 15.2. The number of rotatable bonds is 5. The third kappa shape index (κ3) is 4.02. The molecule has 0 amide bonds. The third-order valence-corrected chi connectivity index (χ3v) is 5.83. The van der Waals surface area contributed by atoms with Crippen LogP contribution in [0.1, 0.15) is 24.0 Å². The molecule has 0 unspecified atom stereocenters. The maximum Gasteiger partial charge on any atom is 0.258 e. The lowest BCUT2D eigenvalue weighted by Gasteiger charge is -2.14. The van der Waals surface area contributed by atoms with E-state index in [1.54, 1.807) is 12.3 Å². The lowest BCUT2D eigenvalue weighted by atomic mass is 10.0. The van der Waals surface area contributed by atoms with Crippen LogP contribution in [0.25, 0.3) is 22.0 Å². The zero-order valence-corrected chi connectivity index (χ0v) is 17.1. The Labute approximate surface area is 179 Å². The number of hydrogen-bond donors (Lipinski definition) is 3. The quantitative estimate of drug-likeness (QED) is 0.420. The van der Waals surface area contributed by atoms with E-state index in [4.69, 9.17) is 0 Å². The van der Waals surface area contributed by atoms with Gasteiger partial charge >= 0.3 is 0 Å². The minimum absolute atomic E-state index is 0.185. The Bertz CT molecular complexity index is 1280. The van der Waals surface area contributed by atoms with Crippen molar-refractivity contribution >= 4 is 22.7 Å². The molecule has 1 fully saturated rings. The van der Waals surface area contributed by atoms with Crippen molar-refractivity contribution in [3.8, 4) is 17.1 Å². The van der Waals surface area contributed by atoms with Crippen LogP contribution in [0.4, 0.5) is 5.69 Å². The molecule has 0 atom stereocenters. The minimum Gasteiger partial charge on any atom is -0.494 e. The number of aromatic hydroxyl groups is 1. The lowest BCUT2D eigenvalue weighted by molar-refractivity contribution is 0.331. The molecular weight excluding hydrogens is 388 g/mol. The van der Waals surface area contributed by atoms with E-state index in [1.807, 2.05) is 42.6 Å². The van der Waals surface area contributed by atoms with E-state index in [2.05, 4.69) is 32.0 Å². The van der Waals surface area contributed by atoms with Crippen molar-refractivity contribution in [2.45, 2.75) is 19.4 Å². The molecule has 31 heavy (non-hydrogen) atoms. The molecule has 2 aromatic carbocycles. The Morgan fingerprint density at radius 3 is 2.58 bits per heavy atom. The van der Waals surface area contributed by atoms with Crippen LogP contribution >= 0.6 is 0 Å². The lowest BCUT2D eigenvalue weighted by Crippen LogP contribution is -2.18. The molecule has 0 saturated carbocycles. The highest BCUT2D eigenvalue weighted by molar-refractivity contribution is 6.03. The summed E-state index contributed by atoms with van der Waals surface area (Å²) in [6.45, 7) is 3.31. The molecule has 0 bridgehead atoms. The van der Waals surface area contributed by atoms with E-state index in [0.717, 1.165) is 23.5 Å². The van der Waals surface area contributed by atoms with Crippen molar-refractivity contribution in [3.63, 3.8) is 0 Å². The Kier molecular flexibility index (Phi) is 5.14. The predicted molar refractivity (Wildman–Crippen MR) is 124 cm³/mol. The molecule has 3 heterocycles. The molecule has 1 saturated heterocycles. The van der Waals surface area contributed by atoms with Gasteiger partial charge in [0.1, 0.15) is 0 Å². The van der Waals surface area contributed by atoms with E-state index in [-0.39, 0.29) is 11.4 Å². The van der Waals surface area contributed by atoms with Gasteiger partial charge < -0.3 is 10.1 Å². The highest BCUT2D eigenvalue weighted by Gasteiger charge is 2.12. The fourth-order valence-electron chi connectivity index (χ4n) is 4.17. The molecule has 6 nitrogen and oxygen atoms in total. The van der Waals surface area contributed by atoms with Gasteiger partial charge in [-0.2, -0.15) is 0 Å².